The van der Waals surface area contributed by atoms with E-state index < -0.39 is 5.97 Å². The van der Waals surface area contributed by atoms with Crippen molar-refractivity contribution in [2.75, 3.05) is 6.54 Å². The van der Waals surface area contributed by atoms with E-state index in [1.54, 1.807) is 6.08 Å². The number of carboxylic acids is 1. The van der Waals surface area contributed by atoms with E-state index in [2.05, 4.69) is 41.6 Å². The van der Waals surface area contributed by atoms with Crippen molar-refractivity contribution in [1.29, 1.82) is 0 Å². The zero-order chi connectivity index (χ0) is 18.4. The number of nitrogens with one attached hydrogen (secondary N) is 1. The van der Waals surface area contributed by atoms with Crippen LogP contribution in [0.5, 0.6) is 0 Å². The third kappa shape index (κ3) is 5.31. The van der Waals surface area contributed by atoms with Gasteiger partial charge in [0.25, 0.3) is 0 Å². The molecule has 1 amide bonds. The van der Waals surface area contributed by atoms with Gasteiger partial charge in [0.15, 0.2) is 0 Å². The summed E-state index contributed by atoms with van der Waals surface area (Å²) in [6, 6.07) is 8.31. The highest BCUT2D eigenvalue weighted by Gasteiger charge is 2.10. The first-order valence-corrected chi connectivity index (χ1v) is 8.14. The highest BCUT2D eigenvalue weighted by Crippen LogP contribution is 2.16. The average Bonchev–Trinajstić information content (AvgIpc) is 2.81. The highest BCUT2D eigenvalue weighted by molar-refractivity contribution is 5.92. The summed E-state index contributed by atoms with van der Waals surface area (Å²) >= 11 is 0. The number of carbonyl (C=O) groups is 2. The SMILES string of the molecule is Cc1ccc(Cn2nc(C)c(/C=C/C(=O)NCCC(=O)O)c2C)cc1. The molecule has 0 saturated carbocycles. The zero-order valence-electron chi connectivity index (χ0n) is 14.7. The highest BCUT2D eigenvalue weighted by atomic mass is 16.4. The molecule has 6 nitrogen and oxygen atoms in total. The predicted molar refractivity (Wildman–Crippen MR) is 96.3 cm³/mol. The topological polar surface area (TPSA) is 84.2 Å². The van der Waals surface area contributed by atoms with Crippen LogP contribution >= 0.6 is 0 Å². The van der Waals surface area contributed by atoms with E-state index in [1.165, 1.54) is 11.6 Å². The second-order valence-electron chi connectivity index (χ2n) is 6.00. The zero-order valence-corrected chi connectivity index (χ0v) is 14.7. The van der Waals surface area contributed by atoms with Gasteiger partial charge >= 0.3 is 5.97 Å². The van der Waals surface area contributed by atoms with Crippen molar-refractivity contribution in [1.82, 2.24) is 15.1 Å². The monoisotopic (exact) mass is 341 g/mol. The molecule has 2 N–H and O–H groups in total. The summed E-state index contributed by atoms with van der Waals surface area (Å²) in [7, 11) is 0. The number of carbonyl (C=O) groups excluding carboxylic acids is 1. The number of nitrogens with zero attached hydrogens (tertiary/aromatic N) is 2. The molecule has 1 aromatic carbocycles. The minimum absolute atomic E-state index is 0.0912. The lowest BCUT2D eigenvalue weighted by atomic mass is 10.1. The van der Waals surface area contributed by atoms with Crippen LogP contribution in [0, 0.1) is 20.8 Å². The Morgan fingerprint density at radius 1 is 1.20 bits per heavy atom. The molecule has 0 atom stereocenters. The molecule has 132 valence electrons. The van der Waals surface area contributed by atoms with Crippen LogP contribution in [0.15, 0.2) is 30.3 Å². The Morgan fingerprint density at radius 3 is 2.52 bits per heavy atom. The lowest BCUT2D eigenvalue weighted by Crippen LogP contribution is -2.23. The van der Waals surface area contributed by atoms with Gasteiger partial charge in [0.05, 0.1) is 18.7 Å². The second-order valence-corrected chi connectivity index (χ2v) is 6.00. The van der Waals surface area contributed by atoms with Crippen molar-refractivity contribution < 1.29 is 14.7 Å². The minimum Gasteiger partial charge on any atom is -0.481 e. The van der Waals surface area contributed by atoms with Gasteiger partial charge in [-0.3, -0.25) is 14.3 Å². The molecule has 0 saturated heterocycles. The smallest absolute Gasteiger partial charge is 0.305 e. The average molecular weight is 341 g/mol. The molecule has 25 heavy (non-hydrogen) atoms. The second kappa shape index (κ2) is 8.28. The first kappa shape index (κ1) is 18.4. The first-order valence-electron chi connectivity index (χ1n) is 8.14. The Balaban J connectivity index is 2.05. The molecule has 1 aromatic heterocycles. The molecular weight excluding hydrogens is 318 g/mol. The van der Waals surface area contributed by atoms with E-state index in [-0.39, 0.29) is 18.9 Å². The van der Waals surface area contributed by atoms with Crippen LogP contribution < -0.4 is 5.32 Å². The number of aryl methyl sites for hydroxylation is 2. The number of aliphatic carboxylic acids is 1. The van der Waals surface area contributed by atoms with E-state index in [0.717, 1.165) is 22.5 Å². The van der Waals surface area contributed by atoms with Crippen LogP contribution in [0.3, 0.4) is 0 Å². The van der Waals surface area contributed by atoms with E-state index in [1.807, 2.05) is 18.5 Å². The van der Waals surface area contributed by atoms with Gasteiger partial charge in [-0.25, -0.2) is 0 Å². The van der Waals surface area contributed by atoms with Crippen molar-refractivity contribution in [3.05, 3.63) is 58.4 Å². The van der Waals surface area contributed by atoms with Crippen LogP contribution in [0.1, 0.15) is 34.5 Å². The van der Waals surface area contributed by atoms with Crippen molar-refractivity contribution in [2.24, 2.45) is 0 Å². The summed E-state index contributed by atoms with van der Waals surface area (Å²) in [6.45, 7) is 6.71. The quantitative estimate of drug-likeness (QED) is 0.758. The van der Waals surface area contributed by atoms with Gasteiger partial charge in [-0.15, -0.1) is 0 Å². The molecular formula is C19H23N3O3. The largest absolute Gasteiger partial charge is 0.481 e. The van der Waals surface area contributed by atoms with E-state index in [9.17, 15) is 9.59 Å². The van der Waals surface area contributed by atoms with Gasteiger partial charge in [-0.05, 0) is 32.4 Å². The number of benzene rings is 1. The van der Waals surface area contributed by atoms with Crippen LogP contribution in [0.4, 0.5) is 0 Å². The molecule has 0 bridgehead atoms. The molecule has 1 heterocycles. The molecule has 0 aliphatic carbocycles. The fourth-order valence-corrected chi connectivity index (χ4v) is 2.48. The van der Waals surface area contributed by atoms with Crippen molar-refractivity contribution in [3.63, 3.8) is 0 Å². The lowest BCUT2D eigenvalue weighted by Gasteiger charge is -2.05. The number of carboxylic acid groups (broad SMARTS) is 1. The van der Waals surface area contributed by atoms with Crippen molar-refractivity contribution in [3.8, 4) is 0 Å². The Hall–Kier alpha value is -2.89. The van der Waals surface area contributed by atoms with Crippen LogP contribution in [-0.4, -0.2) is 33.3 Å². The summed E-state index contributed by atoms with van der Waals surface area (Å²) in [4.78, 5) is 22.2. The molecule has 6 heteroatoms. The van der Waals surface area contributed by atoms with Gasteiger partial charge in [0, 0.05) is 23.9 Å². The molecule has 0 radical (unpaired) electrons. The fourth-order valence-electron chi connectivity index (χ4n) is 2.48. The van der Waals surface area contributed by atoms with Crippen LogP contribution in [0.2, 0.25) is 0 Å². The Morgan fingerprint density at radius 2 is 1.88 bits per heavy atom. The standard InChI is InChI=1S/C19H23N3O3/c1-13-4-6-16(7-5-13)12-22-15(3)17(14(2)21-22)8-9-18(23)20-11-10-19(24)25/h4-9H,10-12H2,1-3H3,(H,20,23)(H,24,25)/b9-8+. The van der Waals surface area contributed by atoms with Crippen LogP contribution in [0.25, 0.3) is 6.08 Å². The van der Waals surface area contributed by atoms with E-state index in [0.29, 0.717) is 6.54 Å². The molecule has 0 aliphatic heterocycles. The summed E-state index contributed by atoms with van der Waals surface area (Å²) in [5, 5.41) is 15.7. The third-order valence-corrected chi connectivity index (χ3v) is 3.93. The van der Waals surface area contributed by atoms with Gasteiger partial charge in [0.2, 0.25) is 5.91 Å². The van der Waals surface area contributed by atoms with E-state index in [4.69, 9.17) is 5.11 Å². The summed E-state index contributed by atoms with van der Waals surface area (Å²) in [5.74, 6) is -1.25. The van der Waals surface area contributed by atoms with Crippen molar-refractivity contribution in [2.45, 2.75) is 33.7 Å². The summed E-state index contributed by atoms with van der Waals surface area (Å²) in [5.41, 5.74) is 5.11. The first-order chi connectivity index (χ1) is 11.9. The van der Waals surface area contributed by atoms with Gasteiger partial charge in [-0.1, -0.05) is 29.8 Å². The predicted octanol–water partition coefficient (Wildman–Crippen LogP) is 2.46. The maximum absolute atomic E-state index is 11.7. The minimum atomic E-state index is -0.937. The number of aromatic nitrogens is 2. The fraction of sp³-hybridized carbons (Fsp3) is 0.316. The Bertz CT molecular complexity index is 789. The third-order valence-electron chi connectivity index (χ3n) is 3.93. The number of amides is 1. The number of hydrogen-bond donors (Lipinski definition) is 2. The molecule has 0 fully saturated rings. The summed E-state index contributed by atoms with van der Waals surface area (Å²) < 4.78 is 1.92. The van der Waals surface area contributed by atoms with E-state index >= 15 is 0 Å². The number of rotatable bonds is 7. The molecule has 2 rings (SSSR count). The van der Waals surface area contributed by atoms with Gasteiger partial charge < -0.3 is 10.4 Å². The maximum Gasteiger partial charge on any atom is 0.305 e. The normalized spacial score (nSPS) is 11.0. The maximum atomic E-state index is 11.7. The molecule has 2 aromatic rings. The Kier molecular flexibility index (Phi) is 6.11. The van der Waals surface area contributed by atoms with Crippen molar-refractivity contribution >= 4 is 18.0 Å². The Labute approximate surface area is 147 Å². The molecule has 0 aliphatic rings. The molecule has 0 spiro atoms. The van der Waals surface area contributed by atoms with Crippen LogP contribution in [-0.2, 0) is 16.1 Å². The molecule has 0 unspecified atom stereocenters. The number of hydrogen-bond acceptors (Lipinski definition) is 3. The van der Waals surface area contributed by atoms with Gasteiger partial charge in [0.1, 0.15) is 0 Å². The van der Waals surface area contributed by atoms with Gasteiger partial charge in [-0.2, -0.15) is 5.10 Å². The summed E-state index contributed by atoms with van der Waals surface area (Å²) in [6.07, 6.45) is 3.04. The lowest BCUT2D eigenvalue weighted by molar-refractivity contribution is -0.136.